The summed E-state index contributed by atoms with van der Waals surface area (Å²) in [5, 5.41) is 0. The average Bonchev–Trinajstić information content (AvgIpc) is 2.24. The molecule has 0 radical (unpaired) electrons. The van der Waals surface area contributed by atoms with Gasteiger partial charge in [0.15, 0.2) is 0 Å². The summed E-state index contributed by atoms with van der Waals surface area (Å²) in [6.45, 7) is 3.91. The number of alkyl halides is 1. The lowest BCUT2D eigenvalue weighted by molar-refractivity contribution is 0.626. The molecule has 1 nitrogen and oxygen atoms in total. The van der Waals surface area contributed by atoms with E-state index in [1.807, 2.05) is 6.07 Å². The van der Waals surface area contributed by atoms with Crippen molar-refractivity contribution < 1.29 is 4.39 Å². The molecule has 0 unspecified atom stereocenters. The molecular formula is C12H17ClFN. The van der Waals surface area contributed by atoms with Gasteiger partial charge in [0.2, 0.25) is 0 Å². The van der Waals surface area contributed by atoms with Crippen molar-refractivity contribution in [2.45, 2.75) is 19.8 Å². The first kappa shape index (κ1) is 12.3. The van der Waals surface area contributed by atoms with Crippen LogP contribution in [0.25, 0.3) is 0 Å². The second-order valence-corrected chi connectivity index (χ2v) is 3.83. The molecule has 0 bridgehead atoms. The van der Waals surface area contributed by atoms with Gasteiger partial charge in [0.1, 0.15) is 5.82 Å². The van der Waals surface area contributed by atoms with E-state index in [0.717, 1.165) is 31.6 Å². The molecule has 1 rings (SSSR count). The van der Waals surface area contributed by atoms with E-state index in [-0.39, 0.29) is 5.82 Å². The van der Waals surface area contributed by atoms with Gasteiger partial charge in [-0.1, -0.05) is 6.07 Å². The second-order valence-electron chi connectivity index (χ2n) is 3.46. The zero-order chi connectivity index (χ0) is 11.1. The Hall–Kier alpha value is -0.760. The fourth-order valence-corrected chi connectivity index (χ4v) is 1.73. The van der Waals surface area contributed by atoms with Crippen LogP contribution in [-0.4, -0.2) is 19.0 Å². The first-order valence-electron chi connectivity index (χ1n) is 5.34. The Bertz CT molecular complexity index is 291. The number of halogens is 2. The Morgan fingerprint density at radius 1 is 1.33 bits per heavy atom. The van der Waals surface area contributed by atoms with Crippen molar-refractivity contribution in [1.29, 1.82) is 0 Å². The second kappa shape index (κ2) is 6.67. The van der Waals surface area contributed by atoms with Crippen molar-refractivity contribution in [3.05, 3.63) is 30.1 Å². The van der Waals surface area contributed by atoms with E-state index in [1.54, 1.807) is 12.1 Å². The van der Waals surface area contributed by atoms with Gasteiger partial charge in [-0.05, 0) is 38.0 Å². The zero-order valence-electron chi connectivity index (χ0n) is 9.05. The van der Waals surface area contributed by atoms with Crippen LogP contribution < -0.4 is 4.90 Å². The maximum Gasteiger partial charge on any atom is 0.125 e. The highest BCUT2D eigenvalue weighted by Gasteiger charge is 2.04. The normalized spacial score (nSPS) is 10.3. The molecule has 1 aromatic rings. The molecule has 0 aliphatic heterocycles. The van der Waals surface area contributed by atoms with Crippen molar-refractivity contribution in [1.82, 2.24) is 0 Å². The minimum atomic E-state index is -0.178. The molecule has 0 aliphatic carbocycles. The number of benzene rings is 1. The fourth-order valence-electron chi connectivity index (χ4n) is 1.54. The van der Waals surface area contributed by atoms with Gasteiger partial charge in [-0.25, -0.2) is 4.39 Å². The topological polar surface area (TPSA) is 3.24 Å². The summed E-state index contributed by atoms with van der Waals surface area (Å²) in [4.78, 5) is 2.16. The Kier molecular flexibility index (Phi) is 5.48. The Morgan fingerprint density at radius 2 is 2.13 bits per heavy atom. The van der Waals surface area contributed by atoms with Gasteiger partial charge in [0.05, 0.1) is 0 Å². The highest BCUT2D eigenvalue weighted by atomic mass is 35.5. The standard InChI is InChI=1S/C12H17ClFN/c1-2-15(9-4-3-8-13)12-7-5-6-11(14)10-12/h5-7,10H,2-4,8-9H2,1H3. The van der Waals surface area contributed by atoms with E-state index in [0.29, 0.717) is 5.88 Å². The first-order chi connectivity index (χ1) is 7.27. The van der Waals surface area contributed by atoms with Gasteiger partial charge >= 0.3 is 0 Å². The molecule has 1 aromatic carbocycles. The van der Waals surface area contributed by atoms with E-state index in [9.17, 15) is 4.39 Å². The van der Waals surface area contributed by atoms with Crippen LogP contribution in [0.3, 0.4) is 0 Å². The molecule has 0 heterocycles. The Labute approximate surface area is 95.8 Å². The predicted molar refractivity (Wildman–Crippen MR) is 64.2 cm³/mol. The van der Waals surface area contributed by atoms with Crippen molar-refractivity contribution in [2.24, 2.45) is 0 Å². The van der Waals surface area contributed by atoms with Crippen molar-refractivity contribution in [2.75, 3.05) is 23.9 Å². The highest BCUT2D eigenvalue weighted by Crippen LogP contribution is 2.15. The summed E-state index contributed by atoms with van der Waals surface area (Å²) >= 11 is 5.62. The smallest absolute Gasteiger partial charge is 0.125 e. The Balaban J connectivity index is 2.57. The van der Waals surface area contributed by atoms with Crippen LogP contribution in [0.15, 0.2) is 24.3 Å². The summed E-state index contributed by atoms with van der Waals surface area (Å²) < 4.78 is 13.0. The molecule has 84 valence electrons. The SMILES string of the molecule is CCN(CCCCCl)c1cccc(F)c1. The van der Waals surface area contributed by atoms with Crippen LogP contribution in [-0.2, 0) is 0 Å². The van der Waals surface area contributed by atoms with E-state index in [4.69, 9.17) is 11.6 Å². The molecule has 0 aromatic heterocycles. The van der Waals surface area contributed by atoms with Gasteiger partial charge < -0.3 is 4.90 Å². The van der Waals surface area contributed by atoms with Crippen LogP contribution in [0.1, 0.15) is 19.8 Å². The molecule has 15 heavy (non-hydrogen) atoms. The third-order valence-electron chi connectivity index (χ3n) is 2.37. The number of unbranched alkanes of at least 4 members (excludes halogenated alkanes) is 1. The summed E-state index contributed by atoms with van der Waals surface area (Å²) in [5.74, 6) is 0.518. The largest absolute Gasteiger partial charge is 0.372 e. The first-order valence-corrected chi connectivity index (χ1v) is 5.88. The van der Waals surface area contributed by atoms with Gasteiger partial charge in [-0.2, -0.15) is 0 Å². The minimum Gasteiger partial charge on any atom is -0.372 e. The quantitative estimate of drug-likeness (QED) is 0.532. The van der Waals surface area contributed by atoms with E-state index >= 15 is 0 Å². The lowest BCUT2D eigenvalue weighted by atomic mass is 10.2. The molecule has 0 saturated heterocycles. The molecule has 0 spiro atoms. The Morgan fingerprint density at radius 3 is 2.73 bits per heavy atom. The van der Waals surface area contributed by atoms with Crippen molar-refractivity contribution in [3.8, 4) is 0 Å². The molecule has 0 saturated carbocycles. The van der Waals surface area contributed by atoms with E-state index in [2.05, 4.69) is 11.8 Å². The van der Waals surface area contributed by atoms with E-state index in [1.165, 1.54) is 6.07 Å². The monoisotopic (exact) mass is 229 g/mol. The van der Waals surface area contributed by atoms with Crippen molar-refractivity contribution >= 4 is 17.3 Å². The number of nitrogens with zero attached hydrogens (tertiary/aromatic N) is 1. The van der Waals surface area contributed by atoms with Crippen LogP contribution in [0.2, 0.25) is 0 Å². The molecule has 0 N–H and O–H groups in total. The maximum atomic E-state index is 13.0. The number of hydrogen-bond donors (Lipinski definition) is 0. The summed E-state index contributed by atoms with van der Waals surface area (Å²) in [7, 11) is 0. The maximum absolute atomic E-state index is 13.0. The number of anilines is 1. The third kappa shape index (κ3) is 4.08. The van der Waals surface area contributed by atoms with Gasteiger partial charge in [-0.15, -0.1) is 11.6 Å². The summed E-state index contributed by atoms with van der Waals surface area (Å²) in [6.07, 6.45) is 2.06. The lowest BCUT2D eigenvalue weighted by Gasteiger charge is -2.22. The molecule has 0 atom stereocenters. The minimum absolute atomic E-state index is 0.178. The molecule has 3 heteroatoms. The lowest BCUT2D eigenvalue weighted by Crippen LogP contribution is -2.23. The average molecular weight is 230 g/mol. The third-order valence-corrected chi connectivity index (χ3v) is 2.63. The predicted octanol–water partition coefficient (Wildman–Crippen LogP) is 3.67. The molecular weight excluding hydrogens is 213 g/mol. The van der Waals surface area contributed by atoms with Gasteiger partial charge in [-0.3, -0.25) is 0 Å². The number of rotatable bonds is 6. The van der Waals surface area contributed by atoms with Gasteiger partial charge in [0, 0.05) is 24.7 Å². The summed E-state index contributed by atoms with van der Waals surface area (Å²) in [6, 6.07) is 6.72. The van der Waals surface area contributed by atoms with Crippen LogP contribution in [0.5, 0.6) is 0 Å². The highest BCUT2D eigenvalue weighted by molar-refractivity contribution is 6.17. The zero-order valence-corrected chi connectivity index (χ0v) is 9.80. The molecule has 0 fully saturated rings. The van der Waals surface area contributed by atoms with E-state index < -0.39 is 0 Å². The van der Waals surface area contributed by atoms with Crippen molar-refractivity contribution in [3.63, 3.8) is 0 Å². The molecule has 0 aliphatic rings. The summed E-state index contributed by atoms with van der Waals surface area (Å²) in [5.41, 5.74) is 0.951. The van der Waals surface area contributed by atoms with Crippen LogP contribution >= 0.6 is 11.6 Å². The van der Waals surface area contributed by atoms with Crippen LogP contribution in [0, 0.1) is 5.82 Å². The fraction of sp³-hybridized carbons (Fsp3) is 0.500. The van der Waals surface area contributed by atoms with Crippen LogP contribution in [0.4, 0.5) is 10.1 Å². The van der Waals surface area contributed by atoms with Gasteiger partial charge in [0.25, 0.3) is 0 Å². The number of hydrogen-bond acceptors (Lipinski definition) is 1. The molecule has 0 amide bonds.